The van der Waals surface area contributed by atoms with Gasteiger partial charge in [-0.1, -0.05) is 17.7 Å². The van der Waals surface area contributed by atoms with Crippen LogP contribution in [0.15, 0.2) is 53.6 Å². The second kappa shape index (κ2) is 6.07. The number of anilines is 1. The number of carbonyl (C=O) groups excluding carboxylic acids is 1. The molecule has 0 saturated carbocycles. The lowest BCUT2D eigenvalue weighted by Gasteiger charge is -2.04. The van der Waals surface area contributed by atoms with E-state index in [0.29, 0.717) is 16.9 Å². The number of nitrogens with zero attached hydrogens (tertiary/aromatic N) is 4. The zero-order valence-electron chi connectivity index (χ0n) is 13.8. The number of benzene rings is 2. The molecule has 130 valence electrons. The number of aryl methyl sites for hydroxylation is 1. The average molecular weight is 351 g/mol. The first-order valence-corrected chi connectivity index (χ1v) is 7.91. The van der Waals surface area contributed by atoms with Gasteiger partial charge in [0.1, 0.15) is 18.7 Å². The largest absolute Gasteiger partial charge is 0.352 e. The second-order valence-corrected chi connectivity index (χ2v) is 5.96. The minimum absolute atomic E-state index is 0.287. The second-order valence-electron chi connectivity index (χ2n) is 5.96. The van der Waals surface area contributed by atoms with E-state index in [9.17, 15) is 14.0 Å². The van der Waals surface area contributed by atoms with Gasteiger partial charge in [-0.05, 0) is 37.3 Å². The van der Waals surface area contributed by atoms with Crippen LogP contribution >= 0.6 is 0 Å². The van der Waals surface area contributed by atoms with Gasteiger partial charge in [-0.15, -0.1) is 5.10 Å². The van der Waals surface area contributed by atoms with Crippen LogP contribution in [-0.4, -0.2) is 25.1 Å². The first-order valence-electron chi connectivity index (χ1n) is 7.91. The topological polar surface area (TPSA) is 81.3 Å². The van der Waals surface area contributed by atoms with E-state index < -0.39 is 17.4 Å². The Bertz CT molecular complexity index is 1210. The summed E-state index contributed by atoms with van der Waals surface area (Å²) in [5, 5.41) is 7.55. The van der Waals surface area contributed by atoms with Gasteiger partial charge >= 0.3 is 5.69 Å². The molecule has 0 aliphatic rings. The summed E-state index contributed by atoms with van der Waals surface area (Å²) < 4.78 is 15.6. The number of carbonyl (C=O) groups is 1. The van der Waals surface area contributed by atoms with Crippen LogP contribution < -0.4 is 11.0 Å². The summed E-state index contributed by atoms with van der Waals surface area (Å²) in [7, 11) is 0. The van der Waals surface area contributed by atoms with Gasteiger partial charge in [-0.25, -0.2) is 23.3 Å². The molecule has 4 aromatic rings. The van der Waals surface area contributed by atoms with Crippen molar-refractivity contribution in [1.82, 2.24) is 19.2 Å². The Balaban J connectivity index is 1.69. The van der Waals surface area contributed by atoms with Gasteiger partial charge in [0.25, 0.3) is 0 Å². The van der Waals surface area contributed by atoms with E-state index >= 15 is 0 Å². The summed E-state index contributed by atoms with van der Waals surface area (Å²) in [5.74, 6) is -0.935. The van der Waals surface area contributed by atoms with Crippen LogP contribution in [0.25, 0.3) is 16.6 Å². The summed E-state index contributed by atoms with van der Waals surface area (Å²) in [4.78, 5) is 28.9. The van der Waals surface area contributed by atoms with Crippen molar-refractivity contribution in [2.75, 3.05) is 5.32 Å². The Labute approximate surface area is 146 Å². The first kappa shape index (κ1) is 15.9. The van der Waals surface area contributed by atoms with Crippen LogP contribution in [0.3, 0.4) is 0 Å². The molecule has 0 bridgehead atoms. The summed E-state index contributed by atoms with van der Waals surface area (Å²) >= 11 is 0. The highest BCUT2D eigenvalue weighted by molar-refractivity contribution is 5.92. The fraction of sp³-hybridized carbons (Fsp3) is 0.111. The predicted molar refractivity (Wildman–Crippen MR) is 94.5 cm³/mol. The van der Waals surface area contributed by atoms with Gasteiger partial charge in [0.2, 0.25) is 5.91 Å². The molecule has 0 radical (unpaired) electrons. The fourth-order valence-corrected chi connectivity index (χ4v) is 2.78. The lowest BCUT2D eigenvalue weighted by Crippen LogP contribution is -2.28. The number of hydrogen-bond donors (Lipinski definition) is 1. The van der Waals surface area contributed by atoms with Crippen molar-refractivity contribution < 1.29 is 9.18 Å². The van der Waals surface area contributed by atoms with Crippen molar-refractivity contribution in [3.63, 3.8) is 0 Å². The van der Waals surface area contributed by atoms with Crippen LogP contribution in [-0.2, 0) is 11.3 Å². The Hall–Kier alpha value is -3.55. The SMILES string of the molecule is Cc1ccc2ncn3c(=O)n(CC(=O)Nc4cccc(F)c4)nc3c2c1. The maximum absolute atomic E-state index is 13.2. The molecule has 2 aromatic heterocycles. The number of hydrogen-bond acceptors (Lipinski definition) is 4. The molecule has 0 atom stereocenters. The molecular weight excluding hydrogens is 337 g/mol. The van der Waals surface area contributed by atoms with Crippen molar-refractivity contribution in [2.24, 2.45) is 0 Å². The molecule has 1 amide bonds. The Kier molecular flexibility index (Phi) is 3.72. The molecule has 0 aliphatic heterocycles. The number of halogens is 1. The highest BCUT2D eigenvalue weighted by atomic mass is 19.1. The van der Waals surface area contributed by atoms with E-state index in [1.54, 1.807) is 6.07 Å². The number of nitrogens with one attached hydrogen (secondary N) is 1. The quantitative estimate of drug-likeness (QED) is 0.613. The summed E-state index contributed by atoms with van der Waals surface area (Å²) in [6, 6.07) is 11.2. The van der Waals surface area contributed by atoms with E-state index in [4.69, 9.17) is 0 Å². The molecule has 2 aromatic carbocycles. The fourth-order valence-electron chi connectivity index (χ4n) is 2.78. The van der Waals surface area contributed by atoms with Crippen LogP contribution in [0.4, 0.5) is 10.1 Å². The zero-order chi connectivity index (χ0) is 18.3. The summed E-state index contributed by atoms with van der Waals surface area (Å²) in [6.07, 6.45) is 1.39. The molecule has 1 N–H and O–H groups in total. The minimum atomic E-state index is -0.477. The zero-order valence-corrected chi connectivity index (χ0v) is 13.8. The maximum Gasteiger partial charge on any atom is 0.352 e. The average Bonchev–Trinajstić information content (AvgIpc) is 2.91. The van der Waals surface area contributed by atoms with Crippen LogP contribution in [0.2, 0.25) is 0 Å². The number of fused-ring (bicyclic) bond motifs is 3. The summed E-state index contributed by atoms with van der Waals surface area (Å²) in [5.41, 5.74) is 2.00. The molecule has 0 saturated heterocycles. The Morgan fingerprint density at radius 1 is 1.23 bits per heavy atom. The number of rotatable bonds is 3. The van der Waals surface area contributed by atoms with Gasteiger partial charge in [0, 0.05) is 11.1 Å². The standard InChI is InChI=1S/C18H14FN5O2/c1-11-5-6-15-14(7-11)17-22-24(18(26)23(17)10-20-15)9-16(25)21-13-4-2-3-12(19)8-13/h2-8,10H,9H2,1H3,(H,21,25). The van der Waals surface area contributed by atoms with Gasteiger partial charge < -0.3 is 5.32 Å². The van der Waals surface area contributed by atoms with Crippen LogP contribution in [0.5, 0.6) is 0 Å². The van der Waals surface area contributed by atoms with E-state index in [2.05, 4.69) is 15.4 Å². The number of aromatic nitrogens is 4. The van der Waals surface area contributed by atoms with Gasteiger partial charge in [0.15, 0.2) is 5.65 Å². The van der Waals surface area contributed by atoms with Gasteiger partial charge in [0.05, 0.1) is 5.52 Å². The van der Waals surface area contributed by atoms with Crippen LogP contribution in [0.1, 0.15) is 5.56 Å². The normalized spacial score (nSPS) is 11.2. The highest BCUT2D eigenvalue weighted by Gasteiger charge is 2.14. The molecule has 8 heteroatoms. The summed E-state index contributed by atoms with van der Waals surface area (Å²) in [6.45, 7) is 1.65. The molecule has 26 heavy (non-hydrogen) atoms. The highest BCUT2D eigenvalue weighted by Crippen LogP contribution is 2.17. The minimum Gasteiger partial charge on any atom is -0.324 e. The molecule has 0 unspecified atom stereocenters. The third-order valence-corrected chi connectivity index (χ3v) is 3.98. The van der Waals surface area contributed by atoms with Crippen molar-refractivity contribution in [3.05, 3.63) is 70.7 Å². The predicted octanol–water partition coefficient (Wildman–Crippen LogP) is 2.13. The first-order chi connectivity index (χ1) is 12.5. The van der Waals surface area contributed by atoms with Crippen molar-refractivity contribution in [3.8, 4) is 0 Å². The van der Waals surface area contributed by atoms with Crippen LogP contribution in [0, 0.1) is 12.7 Å². The number of amides is 1. The van der Waals surface area contributed by atoms with Crippen molar-refractivity contribution >= 4 is 28.1 Å². The van der Waals surface area contributed by atoms with E-state index in [-0.39, 0.29) is 6.54 Å². The monoisotopic (exact) mass is 351 g/mol. The molecule has 0 spiro atoms. The van der Waals surface area contributed by atoms with E-state index in [1.807, 2.05) is 25.1 Å². The lowest BCUT2D eigenvalue weighted by molar-refractivity contribution is -0.117. The third kappa shape index (κ3) is 2.81. The Morgan fingerprint density at radius 3 is 2.88 bits per heavy atom. The molecule has 4 rings (SSSR count). The van der Waals surface area contributed by atoms with Gasteiger partial charge in [-0.2, -0.15) is 0 Å². The van der Waals surface area contributed by atoms with Gasteiger partial charge in [-0.3, -0.25) is 4.79 Å². The third-order valence-electron chi connectivity index (χ3n) is 3.98. The smallest absolute Gasteiger partial charge is 0.324 e. The molecular formula is C18H14FN5O2. The van der Waals surface area contributed by atoms with Crippen molar-refractivity contribution in [1.29, 1.82) is 0 Å². The van der Waals surface area contributed by atoms with Crippen molar-refractivity contribution in [2.45, 2.75) is 13.5 Å². The van der Waals surface area contributed by atoms with E-state index in [1.165, 1.54) is 28.9 Å². The Morgan fingerprint density at radius 2 is 2.08 bits per heavy atom. The molecule has 0 fully saturated rings. The van der Waals surface area contributed by atoms with E-state index in [0.717, 1.165) is 15.6 Å². The maximum atomic E-state index is 13.2. The molecule has 7 nitrogen and oxygen atoms in total. The lowest BCUT2D eigenvalue weighted by atomic mass is 10.2. The molecule has 2 heterocycles. The molecule has 0 aliphatic carbocycles.